The van der Waals surface area contributed by atoms with Crippen molar-refractivity contribution in [2.45, 2.75) is 19.4 Å². The highest BCUT2D eigenvalue weighted by atomic mass is 19.2. The summed E-state index contributed by atoms with van der Waals surface area (Å²) in [4.78, 5) is 0. The molecule has 0 aliphatic carbocycles. The normalized spacial score (nSPS) is 12.4. The van der Waals surface area contributed by atoms with Crippen LogP contribution in [0.1, 0.15) is 22.7 Å². The lowest BCUT2D eigenvalue weighted by atomic mass is 9.95. The molecule has 0 amide bonds. The van der Waals surface area contributed by atoms with Crippen molar-refractivity contribution in [3.8, 4) is 0 Å². The molecule has 2 nitrogen and oxygen atoms in total. The van der Waals surface area contributed by atoms with Gasteiger partial charge in [0.1, 0.15) is 5.82 Å². The molecule has 0 fully saturated rings. The van der Waals surface area contributed by atoms with E-state index in [1.807, 2.05) is 6.92 Å². The number of rotatable bonds is 4. The summed E-state index contributed by atoms with van der Waals surface area (Å²) in [5.74, 6) is 3.33. The van der Waals surface area contributed by atoms with Crippen LogP contribution in [0.5, 0.6) is 0 Å². The number of hydrogen-bond donors (Lipinski definition) is 2. The van der Waals surface area contributed by atoms with E-state index < -0.39 is 11.6 Å². The van der Waals surface area contributed by atoms with Gasteiger partial charge in [-0.15, -0.1) is 0 Å². The van der Waals surface area contributed by atoms with E-state index in [9.17, 15) is 13.2 Å². The number of halogens is 3. The summed E-state index contributed by atoms with van der Waals surface area (Å²) < 4.78 is 39.4. The summed E-state index contributed by atoms with van der Waals surface area (Å²) in [7, 11) is 0. The zero-order valence-corrected chi connectivity index (χ0v) is 11.0. The van der Waals surface area contributed by atoms with Gasteiger partial charge in [-0.05, 0) is 54.3 Å². The maximum Gasteiger partial charge on any atom is 0.159 e. The van der Waals surface area contributed by atoms with Crippen LogP contribution in [0.15, 0.2) is 36.4 Å². The van der Waals surface area contributed by atoms with E-state index in [0.717, 1.165) is 17.7 Å². The van der Waals surface area contributed by atoms with E-state index in [-0.39, 0.29) is 11.9 Å². The third-order valence-corrected chi connectivity index (χ3v) is 3.24. The Bertz CT molecular complexity index is 614. The van der Waals surface area contributed by atoms with E-state index in [1.54, 1.807) is 6.07 Å². The molecule has 106 valence electrons. The van der Waals surface area contributed by atoms with Gasteiger partial charge < -0.3 is 0 Å². The maximum atomic E-state index is 13.3. The van der Waals surface area contributed by atoms with Crippen molar-refractivity contribution in [1.82, 2.24) is 5.43 Å². The molecule has 1 atom stereocenters. The first-order chi connectivity index (χ1) is 9.51. The molecule has 5 heteroatoms. The Morgan fingerprint density at radius 1 is 1.05 bits per heavy atom. The zero-order chi connectivity index (χ0) is 14.7. The molecule has 2 aromatic carbocycles. The monoisotopic (exact) mass is 280 g/mol. The quantitative estimate of drug-likeness (QED) is 0.667. The second-order valence-electron chi connectivity index (χ2n) is 4.67. The summed E-state index contributed by atoms with van der Waals surface area (Å²) in [5.41, 5.74) is 4.73. The number of hydrogen-bond acceptors (Lipinski definition) is 2. The predicted molar refractivity (Wildman–Crippen MR) is 71.3 cm³/mol. The number of hydrazine groups is 1. The van der Waals surface area contributed by atoms with Crippen LogP contribution in [-0.2, 0) is 6.42 Å². The summed E-state index contributed by atoms with van der Waals surface area (Å²) in [6, 6.07) is 7.70. The fraction of sp³-hybridized carbons (Fsp3) is 0.200. The van der Waals surface area contributed by atoms with Gasteiger partial charge in [-0.2, -0.15) is 0 Å². The average Bonchev–Trinajstić information content (AvgIpc) is 2.43. The van der Waals surface area contributed by atoms with Gasteiger partial charge in [0.25, 0.3) is 0 Å². The highest BCUT2D eigenvalue weighted by molar-refractivity contribution is 5.31. The highest BCUT2D eigenvalue weighted by Crippen LogP contribution is 2.23. The average molecular weight is 280 g/mol. The third kappa shape index (κ3) is 3.18. The first kappa shape index (κ1) is 14.6. The minimum absolute atomic E-state index is 0.331. The Balaban J connectivity index is 2.28. The van der Waals surface area contributed by atoms with Crippen LogP contribution in [0.3, 0.4) is 0 Å². The molecular formula is C15H15F3N2. The lowest BCUT2D eigenvalue weighted by Gasteiger charge is -2.19. The number of nitrogens with one attached hydrogen (secondary N) is 1. The molecule has 3 N–H and O–H groups in total. The highest BCUT2D eigenvalue weighted by Gasteiger charge is 2.15. The summed E-state index contributed by atoms with van der Waals surface area (Å²) in [6.07, 6.45) is 0.331. The van der Waals surface area contributed by atoms with Crippen molar-refractivity contribution in [1.29, 1.82) is 0 Å². The van der Waals surface area contributed by atoms with Crippen LogP contribution < -0.4 is 11.3 Å². The van der Waals surface area contributed by atoms with Crippen molar-refractivity contribution in [2.24, 2.45) is 5.84 Å². The molecule has 20 heavy (non-hydrogen) atoms. The van der Waals surface area contributed by atoms with Gasteiger partial charge in [0.2, 0.25) is 0 Å². The van der Waals surface area contributed by atoms with Gasteiger partial charge in [0.15, 0.2) is 11.6 Å². The van der Waals surface area contributed by atoms with Crippen LogP contribution in [-0.4, -0.2) is 0 Å². The molecule has 0 bridgehead atoms. The molecule has 0 radical (unpaired) electrons. The summed E-state index contributed by atoms with van der Waals surface area (Å²) >= 11 is 0. The number of nitrogens with two attached hydrogens (primary N) is 1. The van der Waals surface area contributed by atoms with Crippen LogP contribution in [0, 0.1) is 24.4 Å². The van der Waals surface area contributed by atoms with E-state index in [2.05, 4.69) is 5.43 Å². The molecule has 2 rings (SSSR count). The molecular weight excluding hydrogens is 265 g/mol. The topological polar surface area (TPSA) is 38.0 Å². The predicted octanol–water partition coefficient (Wildman–Crippen LogP) is 3.16. The SMILES string of the molecule is Cc1ccc(F)cc1C(Cc1ccc(F)c(F)c1)NN. The number of benzene rings is 2. The zero-order valence-electron chi connectivity index (χ0n) is 11.0. The van der Waals surface area contributed by atoms with E-state index >= 15 is 0 Å². The van der Waals surface area contributed by atoms with E-state index in [1.165, 1.54) is 18.2 Å². The minimum Gasteiger partial charge on any atom is -0.271 e. The second kappa shape index (κ2) is 6.07. The Kier molecular flexibility index (Phi) is 4.42. The van der Waals surface area contributed by atoms with E-state index in [4.69, 9.17) is 5.84 Å². The standard InChI is InChI=1S/C15H15F3N2/c1-9-2-4-11(16)8-12(9)15(20-19)7-10-3-5-13(17)14(18)6-10/h2-6,8,15,20H,7,19H2,1H3. The van der Waals surface area contributed by atoms with Crippen molar-refractivity contribution < 1.29 is 13.2 Å². The minimum atomic E-state index is -0.908. The fourth-order valence-corrected chi connectivity index (χ4v) is 2.15. The molecule has 0 saturated heterocycles. The molecule has 1 unspecified atom stereocenters. The fourth-order valence-electron chi connectivity index (χ4n) is 2.15. The maximum absolute atomic E-state index is 13.3. The molecule has 0 aliphatic rings. The van der Waals surface area contributed by atoms with E-state index in [0.29, 0.717) is 17.5 Å². The van der Waals surface area contributed by atoms with Gasteiger partial charge in [0, 0.05) is 0 Å². The van der Waals surface area contributed by atoms with Crippen LogP contribution in [0.25, 0.3) is 0 Å². The Morgan fingerprint density at radius 2 is 1.80 bits per heavy atom. The first-order valence-electron chi connectivity index (χ1n) is 6.17. The van der Waals surface area contributed by atoms with Gasteiger partial charge in [-0.25, -0.2) is 13.2 Å². The molecule has 0 spiro atoms. The third-order valence-electron chi connectivity index (χ3n) is 3.24. The molecule has 2 aromatic rings. The lowest BCUT2D eigenvalue weighted by molar-refractivity contribution is 0.502. The van der Waals surface area contributed by atoms with Crippen LogP contribution in [0.4, 0.5) is 13.2 Å². The van der Waals surface area contributed by atoms with Gasteiger partial charge >= 0.3 is 0 Å². The summed E-state index contributed by atoms with van der Waals surface area (Å²) in [6.45, 7) is 1.84. The second-order valence-corrected chi connectivity index (χ2v) is 4.67. The molecule has 0 aliphatic heterocycles. The Labute approximate surface area is 115 Å². The smallest absolute Gasteiger partial charge is 0.159 e. The van der Waals surface area contributed by atoms with Crippen LogP contribution >= 0.6 is 0 Å². The number of aryl methyl sites for hydroxylation is 1. The largest absolute Gasteiger partial charge is 0.271 e. The van der Waals surface area contributed by atoms with Gasteiger partial charge in [0.05, 0.1) is 6.04 Å². The van der Waals surface area contributed by atoms with Crippen molar-refractivity contribution in [3.63, 3.8) is 0 Å². The van der Waals surface area contributed by atoms with Crippen molar-refractivity contribution >= 4 is 0 Å². The lowest BCUT2D eigenvalue weighted by Crippen LogP contribution is -2.30. The summed E-state index contributed by atoms with van der Waals surface area (Å²) in [5, 5.41) is 0. The Morgan fingerprint density at radius 3 is 2.45 bits per heavy atom. The van der Waals surface area contributed by atoms with Crippen LogP contribution in [0.2, 0.25) is 0 Å². The van der Waals surface area contributed by atoms with Gasteiger partial charge in [-0.1, -0.05) is 12.1 Å². The Hall–Kier alpha value is -1.85. The molecule has 0 aromatic heterocycles. The van der Waals surface area contributed by atoms with Crippen molar-refractivity contribution in [2.75, 3.05) is 0 Å². The van der Waals surface area contributed by atoms with Gasteiger partial charge in [-0.3, -0.25) is 11.3 Å². The molecule has 0 saturated carbocycles. The first-order valence-corrected chi connectivity index (χ1v) is 6.17. The van der Waals surface area contributed by atoms with Crippen molar-refractivity contribution in [3.05, 3.63) is 70.5 Å². The molecule has 0 heterocycles.